The van der Waals surface area contributed by atoms with E-state index in [2.05, 4.69) is 19.2 Å². The lowest BCUT2D eigenvalue weighted by Gasteiger charge is -2.60. The Balaban J connectivity index is 1.35. The van der Waals surface area contributed by atoms with E-state index < -0.39 is 0 Å². The van der Waals surface area contributed by atoms with Crippen molar-refractivity contribution in [3.63, 3.8) is 0 Å². The van der Waals surface area contributed by atoms with Gasteiger partial charge in [-0.2, -0.15) is 0 Å². The summed E-state index contributed by atoms with van der Waals surface area (Å²) >= 11 is 13.9. The number of amides is 1. The third-order valence-corrected chi connectivity index (χ3v) is 8.35. The molecule has 1 aromatic rings. The van der Waals surface area contributed by atoms with Gasteiger partial charge in [0.05, 0.1) is 10.0 Å². The van der Waals surface area contributed by atoms with E-state index in [1.54, 1.807) is 11.8 Å². The Morgan fingerprint density at radius 3 is 2.64 bits per heavy atom. The Morgan fingerprint density at radius 2 is 2.00 bits per heavy atom. The normalized spacial score (nSPS) is 26.8. The summed E-state index contributed by atoms with van der Waals surface area (Å²) in [6.07, 6.45) is 5.38. The van der Waals surface area contributed by atoms with E-state index >= 15 is 0 Å². The second-order valence-corrected chi connectivity index (χ2v) is 9.92. The smallest absolute Gasteiger partial charge is 0.220 e. The van der Waals surface area contributed by atoms with Crippen molar-refractivity contribution in [2.75, 3.05) is 12.3 Å². The molecule has 3 saturated carbocycles. The molecule has 5 heteroatoms. The molecule has 138 valence electrons. The number of benzene rings is 1. The van der Waals surface area contributed by atoms with Crippen molar-refractivity contribution in [1.82, 2.24) is 5.32 Å². The molecule has 1 amide bonds. The summed E-state index contributed by atoms with van der Waals surface area (Å²) in [7, 11) is 0. The van der Waals surface area contributed by atoms with Gasteiger partial charge in [-0.3, -0.25) is 4.79 Å². The fraction of sp³-hybridized carbons (Fsp3) is 0.650. The van der Waals surface area contributed by atoms with Gasteiger partial charge in [-0.15, -0.1) is 11.8 Å². The van der Waals surface area contributed by atoms with Crippen molar-refractivity contribution >= 4 is 40.9 Å². The molecule has 0 saturated heterocycles. The number of halogens is 2. The summed E-state index contributed by atoms with van der Waals surface area (Å²) in [4.78, 5) is 13.1. The molecule has 1 N–H and O–H groups in total. The first-order valence-electron chi connectivity index (χ1n) is 9.23. The average Bonchev–Trinajstić information content (AvgIpc) is 2.59. The molecular weight excluding hydrogens is 373 g/mol. The van der Waals surface area contributed by atoms with Gasteiger partial charge in [0.25, 0.3) is 0 Å². The van der Waals surface area contributed by atoms with E-state index in [0.29, 0.717) is 27.8 Å². The zero-order valence-corrected chi connectivity index (χ0v) is 17.3. The van der Waals surface area contributed by atoms with Gasteiger partial charge in [-0.25, -0.2) is 0 Å². The van der Waals surface area contributed by atoms with Crippen LogP contribution in [0.2, 0.25) is 10.0 Å². The second kappa shape index (κ2) is 8.10. The molecular formula is C20H27Cl2NOS. The van der Waals surface area contributed by atoms with Crippen LogP contribution in [0.4, 0.5) is 0 Å². The molecule has 4 rings (SSSR count). The van der Waals surface area contributed by atoms with Crippen LogP contribution in [0, 0.1) is 23.2 Å². The number of thioether (sulfide) groups is 1. The van der Waals surface area contributed by atoms with Crippen molar-refractivity contribution in [1.29, 1.82) is 0 Å². The highest BCUT2D eigenvalue weighted by atomic mass is 35.5. The summed E-state index contributed by atoms with van der Waals surface area (Å²) in [5.74, 6) is 3.39. The molecule has 0 aromatic heterocycles. The van der Waals surface area contributed by atoms with Gasteiger partial charge in [0.15, 0.2) is 0 Å². The number of hydrogen-bond acceptors (Lipinski definition) is 2. The van der Waals surface area contributed by atoms with Crippen molar-refractivity contribution in [3.8, 4) is 0 Å². The van der Waals surface area contributed by atoms with Gasteiger partial charge in [0.2, 0.25) is 5.91 Å². The van der Waals surface area contributed by atoms with Crippen LogP contribution >= 0.6 is 35.0 Å². The first kappa shape index (κ1) is 19.4. The van der Waals surface area contributed by atoms with E-state index in [1.807, 2.05) is 18.2 Å². The maximum absolute atomic E-state index is 12.1. The molecule has 3 aliphatic carbocycles. The Hall–Kier alpha value is -0.380. The predicted molar refractivity (Wildman–Crippen MR) is 108 cm³/mol. The van der Waals surface area contributed by atoms with E-state index in [-0.39, 0.29) is 5.91 Å². The molecule has 2 bridgehead atoms. The molecule has 1 aromatic carbocycles. The van der Waals surface area contributed by atoms with E-state index in [0.717, 1.165) is 35.4 Å². The maximum atomic E-state index is 12.1. The van der Waals surface area contributed by atoms with Gasteiger partial charge in [0, 0.05) is 17.9 Å². The average molecular weight is 400 g/mol. The lowest BCUT2D eigenvalue weighted by Crippen LogP contribution is -2.54. The van der Waals surface area contributed by atoms with Crippen molar-refractivity contribution in [3.05, 3.63) is 28.2 Å². The topological polar surface area (TPSA) is 29.1 Å². The molecule has 0 spiro atoms. The van der Waals surface area contributed by atoms with Gasteiger partial charge in [0.1, 0.15) is 0 Å². The molecule has 0 radical (unpaired) electrons. The number of fused-ring (bicyclic) bond motifs is 2. The number of rotatable bonds is 7. The van der Waals surface area contributed by atoms with Crippen LogP contribution in [0.3, 0.4) is 0 Å². The van der Waals surface area contributed by atoms with Crippen LogP contribution in [0.25, 0.3) is 0 Å². The van der Waals surface area contributed by atoms with Crippen LogP contribution in [-0.2, 0) is 4.79 Å². The Kier molecular flexibility index (Phi) is 6.28. The summed E-state index contributed by atoms with van der Waals surface area (Å²) in [5, 5.41) is 4.53. The highest BCUT2D eigenvalue weighted by molar-refractivity contribution is 7.99. The summed E-state index contributed by atoms with van der Waals surface area (Å²) < 4.78 is 0. The standard InChI is InChI=1S/C20H27Cl2NOS/c1-20(2)14-9-8-13(15(20)11-14)12-23-18(24)7-4-10-25-19-16(21)5-3-6-17(19)22/h3,5-6,13-15H,4,7-12H2,1-2H3,(H,23,24). The lowest BCUT2D eigenvalue weighted by atomic mass is 9.45. The summed E-state index contributed by atoms with van der Waals surface area (Å²) in [6, 6.07) is 5.54. The Bertz CT molecular complexity index is 612. The van der Waals surface area contributed by atoms with Crippen LogP contribution in [0.15, 0.2) is 23.1 Å². The van der Waals surface area contributed by atoms with Crippen LogP contribution in [0.1, 0.15) is 46.0 Å². The second-order valence-electron chi connectivity index (χ2n) is 8.00. The van der Waals surface area contributed by atoms with E-state index in [4.69, 9.17) is 23.2 Å². The maximum Gasteiger partial charge on any atom is 0.220 e. The molecule has 3 aliphatic rings. The number of carbonyl (C=O) groups is 1. The third-order valence-electron chi connectivity index (χ3n) is 6.28. The summed E-state index contributed by atoms with van der Waals surface area (Å²) in [6.45, 7) is 5.65. The monoisotopic (exact) mass is 399 g/mol. The highest BCUT2D eigenvalue weighted by Gasteiger charge is 2.53. The minimum absolute atomic E-state index is 0.171. The van der Waals surface area contributed by atoms with Crippen LogP contribution < -0.4 is 5.32 Å². The molecule has 0 heterocycles. The number of nitrogens with one attached hydrogen (secondary N) is 1. The molecule has 3 unspecified atom stereocenters. The van der Waals surface area contributed by atoms with Gasteiger partial charge in [-0.05, 0) is 66.7 Å². The van der Waals surface area contributed by atoms with Gasteiger partial charge >= 0.3 is 0 Å². The summed E-state index contributed by atoms with van der Waals surface area (Å²) in [5.41, 5.74) is 0.485. The van der Waals surface area contributed by atoms with Crippen molar-refractivity contribution in [2.45, 2.75) is 50.8 Å². The molecule has 2 nitrogen and oxygen atoms in total. The quantitative estimate of drug-likeness (QED) is 0.446. The highest BCUT2D eigenvalue weighted by Crippen LogP contribution is 2.61. The molecule has 3 atom stereocenters. The Morgan fingerprint density at radius 1 is 1.28 bits per heavy atom. The zero-order valence-electron chi connectivity index (χ0n) is 15.0. The fourth-order valence-corrected chi connectivity index (χ4v) is 6.20. The SMILES string of the molecule is CC1(C)C2CCC(CNC(=O)CCCSc3c(Cl)cccc3Cl)C1C2. The number of hydrogen-bond donors (Lipinski definition) is 1. The van der Waals surface area contributed by atoms with E-state index in [1.165, 1.54) is 19.3 Å². The molecule has 25 heavy (non-hydrogen) atoms. The minimum atomic E-state index is 0.171. The zero-order chi connectivity index (χ0) is 18.0. The lowest BCUT2D eigenvalue weighted by molar-refractivity contribution is -0.124. The first-order chi connectivity index (χ1) is 11.9. The van der Waals surface area contributed by atoms with Crippen LogP contribution in [0.5, 0.6) is 0 Å². The predicted octanol–water partition coefficient (Wildman–Crippen LogP) is 6.05. The largest absolute Gasteiger partial charge is 0.356 e. The minimum Gasteiger partial charge on any atom is -0.356 e. The van der Waals surface area contributed by atoms with Crippen molar-refractivity contribution < 1.29 is 4.79 Å². The Labute approximate surface area is 165 Å². The van der Waals surface area contributed by atoms with Gasteiger partial charge in [-0.1, -0.05) is 43.1 Å². The third kappa shape index (κ3) is 4.31. The first-order valence-corrected chi connectivity index (χ1v) is 11.0. The number of carbonyl (C=O) groups excluding carboxylic acids is 1. The fourth-order valence-electron chi connectivity index (χ4n) is 4.57. The van der Waals surface area contributed by atoms with E-state index in [9.17, 15) is 4.79 Å². The van der Waals surface area contributed by atoms with Gasteiger partial charge < -0.3 is 5.32 Å². The van der Waals surface area contributed by atoms with Crippen LogP contribution in [-0.4, -0.2) is 18.2 Å². The molecule has 0 aliphatic heterocycles. The molecule has 3 fully saturated rings. The van der Waals surface area contributed by atoms with Crippen molar-refractivity contribution in [2.24, 2.45) is 23.2 Å².